The van der Waals surface area contributed by atoms with Crippen molar-refractivity contribution in [3.8, 4) is 5.75 Å². The van der Waals surface area contributed by atoms with E-state index in [1.165, 1.54) is 12.1 Å². The molecule has 0 heterocycles. The van der Waals surface area contributed by atoms with Gasteiger partial charge < -0.3 is 15.2 Å². The Hall–Kier alpha value is -1.47. The first-order chi connectivity index (χ1) is 9.76. The SMILES string of the molecule is CCCOC(=O)c1c(Cl)ccc(OCCS(C)(=O)=O)c1N. The fourth-order valence-electron chi connectivity index (χ4n) is 1.48. The number of carbonyl (C=O) groups is 1. The second kappa shape index (κ2) is 7.51. The van der Waals surface area contributed by atoms with Crippen molar-refractivity contribution in [1.82, 2.24) is 0 Å². The third-order valence-electron chi connectivity index (χ3n) is 2.51. The van der Waals surface area contributed by atoms with Gasteiger partial charge in [-0.2, -0.15) is 0 Å². The molecule has 0 aliphatic carbocycles. The predicted octanol–water partition coefficient (Wildman–Crippen LogP) is 1.91. The first-order valence-corrected chi connectivity index (χ1v) is 8.75. The molecule has 8 heteroatoms. The Morgan fingerprint density at radius 2 is 2.00 bits per heavy atom. The molecule has 0 bridgehead atoms. The van der Waals surface area contributed by atoms with Crippen LogP contribution in [0.2, 0.25) is 5.02 Å². The number of hydrogen-bond donors (Lipinski definition) is 1. The zero-order chi connectivity index (χ0) is 16.0. The molecule has 1 rings (SSSR count). The number of benzene rings is 1. The number of halogens is 1. The molecule has 0 aliphatic rings. The van der Waals surface area contributed by atoms with Crippen molar-refractivity contribution < 1.29 is 22.7 Å². The monoisotopic (exact) mass is 335 g/mol. The summed E-state index contributed by atoms with van der Waals surface area (Å²) in [7, 11) is -3.14. The maximum Gasteiger partial charge on any atom is 0.341 e. The van der Waals surface area contributed by atoms with Crippen LogP contribution in [0.25, 0.3) is 0 Å². The van der Waals surface area contributed by atoms with Gasteiger partial charge >= 0.3 is 5.97 Å². The number of hydrogen-bond acceptors (Lipinski definition) is 6. The predicted molar refractivity (Wildman–Crippen MR) is 81.6 cm³/mol. The summed E-state index contributed by atoms with van der Waals surface area (Å²) in [5.74, 6) is -0.579. The number of rotatable bonds is 7. The van der Waals surface area contributed by atoms with Gasteiger partial charge in [0, 0.05) is 6.26 Å². The average Bonchev–Trinajstić information content (AvgIpc) is 2.37. The Bertz CT molecular complexity index is 615. The molecule has 0 amide bonds. The third kappa shape index (κ3) is 5.43. The number of carbonyl (C=O) groups excluding carboxylic acids is 1. The Morgan fingerprint density at radius 1 is 1.33 bits per heavy atom. The molecule has 0 atom stereocenters. The molecule has 0 radical (unpaired) electrons. The maximum atomic E-state index is 11.9. The van der Waals surface area contributed by atoms with Crippen LogP contribution < -0.4 is 10.5 Å². The molecule has 2 N–H and O–H groups in total. The number of sulfone groups is 1. The highest BCUT2D eigenvalue weighted by Gasteiger charge is 2.19. The number of nitrogen functional groups attached to an aromatic ring is 1. The normalized spacial score (nSPS) is 11.2. The summed E-state index contributed by atoms with van der Waals surface area (Å²) in [5.41, 5.74) is 5.92. The summed E-state index contributed by atoms with van der Waals surface area (Å²) in [6.45, 7) is 2.06. The van der Waals surface area contributed by atoms with E-state index in [9.17, 15) is 13.2 Å². The van der Waals surface area contributed by atoms with Gasteiger partial charge in [0.15, 0.2) is 9.84 Å². The van der Waals surface area contributed by atoms with Gasteiger partial charge in [-0.05, 0) is 18.6 Å². The van der Waals surface area contributed by atoms with Gasteiger partial charge in [0.05, 0.1) is 23.1 Å². The molecular formula is C13H18ClNO5S. The van der Waals surface area contributed by atoms with Gasteiger partial charge in [-0.3, -0.25) is 0 Å². The summed E-state index contributed by atoms with van der Waals surface area (Å²) >= 11 is 5.95. The van der Waals surface area contributed by atoms with Crippen LogP contribution in [0, 0.1) is 0 Å². The zero-order valence-electron chi connectivity index (χ0n) is 11.9. The minimum atomic E-state index is -3.14. The lowest BCUT2D eigenvalue weighted by Gasteiger charge is -2.13. The van der Waals surface area contributed by atoms with E-state index in [0.29, 0.717) is 6.42 Å². The van der Waals surface area contributed by atoms with Crippen LogP contribution in [0.3, 0.4) is 0 Å². The van der Waals surface area contributed by atoms with Gasteiger partial charge in [0.2, 0.25) is 0 Å². The van der Waals surface area contributed by atoms with Crippen molar-refractivity contribution in [1.29, 1.82) is 0 Å². The smallest absolute Gasteiger partial charge is 0.341 e. The Kier molecular flexibility index (Phi) is 6.29. The maximum absolute atomic E-state index is 11.9. The topological polar surface area (TPSA) is 95.7 Å². The van der Waals surface area contributed by atoms with Gasteiger partial charge in [0.1, 0.15) is 17.9 Å². The van der Waals surface area contributed by atoms with Gasteiger partial charge in [-0.25, -0.2) is 13.2 Å². The van der Waals surface area contributed by atoms with Crippen LogP contribution in [0.4, 0.5) is 5.69 Å². The fourth-order valence-corrected chi connectivity index (χ4v) is 2.11. The summed E-state index contributed by atoms with van der Waals surface area (Å²) < 4.78 is 32.4. The zero-order valence-corrected chi connectivity index (χ0v) is 13.5. The van der Waals surface area contributed by atoms with Gasteiger partial charge in [-0.15, -0.1) is 0 Å². The fraction of sp³-hybridized carbons (Fsp3) is 0.462. The van der Waals surface area contributed by atoms with Crippen molar-refractivity contribution >= 4 is 33.1 Å². The molecule has 0 aromatic heterocycles. The third-order valence-corrected chi connectivity index (χ3v) is 3.73. The van der Waals surface area contributed by atoms with Crippen LogP contribution in [0.1, 0.15) is 23.7 Å². The summed E-state index contributed by atoms with van der Waals surface area (Å²) in [4.78, 5) is 11.9. The van der Waals surface area contributed by atoms with E-state index in [-0.39, 0.29) is 41.0 Å². The number of anilines is 1. The van der Waals surface area contributed by atoms with Crippen molar-refractivity contribution in [2.45, 2.75) is 13.3 Å². The lowest BCUT2D eigenvalue weighted by molar-refractivity contribution is 0.0506. The number of nitrogens with two attached hydrogens (primary N) is 1. The molecular weight excluding hydrogens is 318 g/mol. The van der Waals surface area contributed by atoms with Crippen LogP contribution in [0.5, 0.6) is 5.75 Å². The Morgan fingerprint density at radius 3 is 2.57 bits per heavy atom. The molecule has 0 fully saturated rings. The average molecular weight is 336 g/mol. The molecule has 1 aromatic carbocycles. The van der Waals surface area contributed by atoms with Crippen LogP contribution in [0.15, 0.2) is 12.1 Å². The molecule has 0 aliphatic heterocycles. The summed E-state index contributed by atoms with van der Waals surface area (Å²) in [6, 6.07) is 2.94. The molecule has 1 aromatic rings. The molecule has 118 valence electrons. The van der Waals surface area contributed by atoms with Crippen LogP contribution >= 0.6 is 11.6 Å². The highest BCUT2D eigenvalue weighted by atomic mass is 35.5. The van der Waals surface area contributed by atoms with E-state index < -0.39 is 15.8 Å². The Balaban J connectivity index is 2.91. The van der Waals surface area contributed by atoms with Crippen molar-refractivity contribution in [2.75, 3.05) is 31.0 Å². The number of ether oxygens (including phenoxy) is 2. The molecule has 0 saturated heterocycles. The summed E-state index contributed by atoms with van der Waals surface area (Å²) in [5, 5.41) is 0.157. The van der Waals surface area contributed by atoms with E-state index in [1.54, 1.807) is 0 Å². The standard InChI is InChI=1S/C13H18ClNO5S/c1-3-6-20-13(16)11-9(14)4-5-10(12(11)15)19-7-8-21(2,17)18/h4-5H,3,6-8,15H2,1-2H3. The largest absolute Gasteiger partial charge is 0.490 e. The lowest BCUT2D eigenvalue weighted by atomic mass is 10.1. The van der Waals surface area contributed by atoms with Crippen LogP contribution in [-0.4, -0.2) is 39.6 Å². The first kappa shape index (κ1) is 17.6. The minimum Gasteiger partial charge on any atom is -0.490 e. The van der Waals surface area contributed by atoms with Gasteiger partial charge in [0.25, 0.3) is 0 Å². The van der Waals surface area contributed by atoms with Crippen molar-refractivity contribution in [3.63, 3.8) is 0 Å². The molecule has 0 unspecified atom stereocenters. The van der Waals surface area contributed by atoms with E-state index in [2.05, 4.69) is 0 Å². The molecule has 0 spiro atoms. The van der Waals surface area contributed by atoms with Crippen LogP contribution in [-0.2, 0) is 14.6 Å². The van der Waals surface area contributed by atoms with Crippen molar-refractivity contribution in [2.24, 2.45) is 0 Å². The minimum absolute atomic E-state index is 0.0296. The molecule has 6 nitrogen and oxygen atoms in total. The highest BCUT2D eigenvalue weighted by Crippen LogP contribution is 2.32. The first-order valence-electron chi connectivity index (χ1n) is 6.32. The second-order valence-corrected chi connectivity index (χ2v) is 7.12. The number of esters is 1. The van der Waals surface area contributed by atoms with Crippen molar-refractivity contribution in [3.05, 3.63) is 22.7 Å². The van der Waals surface area contributed by atoms with Gasteiger partial charge in [-0.1, -0.05) is 18.5 Å². The molecule has 0 saturated carbocycles. The highest BCUT2D eigenvalue weighted by molar-refractivity contribution is 7.90. The second-order valence-electron chi connectivity index (χ2n) is 4.45. The lowest BCUT2D eigenvalue weighted by Crippen LogP contribution is -2.14. The Labute approximate surface area is 129 Å². The quantitative estimate of drug-likeness (QED) is 0.604. The van der Waals surface area contributed by atoms with E-state index >= 15 is 0 Å². The van der Waals surface area contributed by atoms with E-state index in [1.807, 2.05) is 6.92 Å². The molecule has 21 heavy (non-hydrogen) atoms. The van der Waals surface area contributed by atoms with E-state index in [4.69, 9.17) is 26.8 Å². The summed E-state index contributed by atoms with van der Waals surface area (Å²) in [6.07, 6.45) is 1.78. The van der Waals surface area contributed by atoms with E-state index in [0.717, 1.165) is 6.26 Å².